The van der Waals surface area contributed by atoms with Gasteiger partial charge in [0.25, 0.3) is 0 Å². The Morgan fingerprint density at radius 2 is 2.04 bits per heavy atom. The van der Waals surface area contributed by atoms with Crippen LogP contribution in [0.2, 0.25) is 0 Å². The van der Waals surface area contributed by atoms with Crippen molar-refractivity contribution in [3.63, 3.8) is 0 Å². The van der Waals surface area contributed by atoms with Crippen LogP contribution in [0.4, 0.5) is 10.1 Å². The molecule has 0 aliphatic carbocycles. The van der Waals surface area contributed by atoms with E-state index in [1.807, 2.05) is 0 Å². The number of fused-ring (bicyclic) bond motifs is 1. The first-order chi connectivity index (χ1) is 12.1. The van der Waals surface area contributed by atoms with Gasteiger partial charge in [0.2, 0.25) is 5.88 Å². The molecule has 2 atom stereocenters. The third-order valence-electron chi connectivity index (χ3n) is 4.30. The van der Waals surface area contributed by atoms with Crippen LogP contribution < -0.4 is 4.74 Å². The zero-order chi connectivity index (χ0) is 18.0. The molecule has 0 spiro atoms. The molecule has 1 aromatic heterocycles. The summed E-state index contributed by atoms with van der Waals surface area (Å²) in [4.78, 5) is 21.4. The topological polar surface area (TPSA) is 60.8 Å². The first kappa shape index (κ1) is 17.1. The number of methoxy groups -OCH3 is 1. The maximum atomic E-state index is 14.6. The van der Waals surface area contributed by atoms with E-state index in [9.17, 15) is 9.18 Å². The number of nitrogens with zero attached hydrogens (tertiary/aromatic N) is 2. The summed E-state index contributed by atoms with van der Waals surface area (Å²) < 4.78 is 25.2. The minimum Gasteiger partial charge on any atom is -0.481 e. The number of esters is 1. The molecule has 5 nitrogen and oxygen atoms in total. The number of pyridine rings is 1. The van der Waals surface area contributed by atoms with Crippen molar-refractivity contribution in [1.29, 1.82) is 0 Å². The van der Waals surface area contributed by atoms with Crippen LogP contribution in [0.3, 0.4) is 0 Å². The molecule has 0 fully saturated rings. The van der Waals surface area contributed by atoms with Gasteiger partial charge in [-0.15, -0.1) is 0 Å². The van der Waals surface area contributed by atoms with Crippen LogP contribution in [-0.2, 0) is 9.53 Å². The fourth-order valence-corrected chi connectivity index (χ4v) is 3.27. The normalized spacial score (nSPS) is 19.0. The molecule has 0 saturated heterocycles. The Balaban J connectivity index is 2.26. The lowest BCUT2D eigenvalue weighted by Crippen LogP contribution is -2.34. The van der Waals surface area contributed by atoms with Crippen LogP contribution in [0.25, 0.3) is 0 Å². The van der Waals surface area contributed by atoms with Gasteiger partial charge < -0.3 is 9.47 Å². The van der Waals surface area contributed by atoms with Crippen molar-refractivity contribution < 1.29 is 18.7 Å². The van der Waals surface area contributed by atoms with Crippen LogP contribution >= 0.6 is 0 Å². The molecule has 1 aromatic carbocycles. The molecule has 2 unspecified atom stereocenters. The second kappa shape index (κ2) is 7.01. The summed E-state index contributed by atoms with van der Waals surface area (Å²) in [6.45, 7) is 3.73. The molecule has 0 radical (unpaired) electrons. The van der Waals surface area contributed by atoms with E-state index in [4.69, 9.17) is 9.47 Å². The Bertz CT molecular complexity index is 835. The van der Waals surface area contributed by atoms with E-state index >= 15 is 0 Å². The van der Waals surface area contributed by atoms with Gasteiger partial charge in [0.1, 0.15) is 11.7 Å². The van der Waals surface area contributed by atoms with Crippen LogP contribution in [0.1, 0.15) is 30.9 Å². The van der Waals surface area contributed by atoms with Crippen LogP contribution in [0.5, 0.6) is 5.88 Å². The van der Waals surface area contributed by atoms with E-state index in [1.54, 1.807) is 44.3 Å². The van der Waals surface area contributed by atoms with Crippen LogP contribution in [-0.4, -0.2) is 30.4 Å². The van der Waals surface area contributed by atoms with E-state index in [1.165, 1.54) is 13.2 Å². The quantitative estimate of drug-likeness (QED) is 0.796. The summed E-state index contributed by atoms with van der Waals surface area (Å²) >= 11 is 0. The summed E-state index contributed by atoms with van der Waals surface area (Å²) in [7, 11) is 1.49. The summed E-state index contributed by atoms with van der Waals surface area (Å²) in [5, 5.41) is 0. The Hall–Kier alpha value is -2.76. The van der Waals surface area contributed by atoms with Crippen LogP contribution in [0, 0.1) is 11.7 Å². The lowest BCUT2D eigenvalue weighted by Gasteiger charge is -2.31. The van der Waals surface area contributed by atoms with Gasteiger partial charge in [-0.3, -0.25) is 9.79 Å². The zero-order valence-electron chi connectivity index (χ0n) is 14.3. The number of carbonyl (C=O) groups excluding carboxylic acids is 1. The van der Waals surface area contributed by atoms with Gasteiger partial charge >= 0.3 is 5.97 Å². The first-order valence-corrected chi connectivity index (χ1v) is 8.07. The van der Waals surface area contributed by atoms with Crippen molar-refractivity contribution in [3.8, 4) is 5.88 Å². The number of ether oxygens (including phenoxy) is 2. The molecule has 25 heavy (non-hydrogen) atoms. The molecule has 1 aliphatic rings. The van der Waals surface area contributed by atoms with Gasteiger partial charge in [0.05, 0.1) is 19.4 Å². The lowest BCUT2D eigenvalue weighted by molar-refractivity contribution is -0.146. The highest BCUT2D eigenvalue weighted by Gasteiger charge is 2.41. The largest absolute Gasteiger partial charge is 0.481 e. The van der Waals surface area contributed by atoms with Gasteiger partial charge in [-0.25, -0.2) is 9.37 Å². The van der Waals surface area contributed by atoms with Crippen molar-refractivity contribution in [1.82, 2.24) is 4.98 Å². The molecule has 6 heteroatoms. The number of rotatable bonds is 4. The third-order valence-corrected chi connectivity index (χ3v) is 4.30. The van der Waals surface area contributed by atoms with E-state index in [-0.39, 0.29) is 6.61 Å². The molecular formula is C19H19FN2O3. The predicted molar refractivity (Wildman–Crippen MR) is 91.9 cm³/mol. The van der Waals surface area contributed by atoms with Crippen molar-refractivity contribution >= 4 is 17.4 Å². The SMILES string of the molecule is CCOC(=O)C1C(C)=Nc2ccnc(OC)c2C1c1ccccc1F. The third kappa shape index (κ3) is 2.99. The van der Waals surface area contributed by atoms with E-state index in [0.717, 1.165) is 0 Å². The van der Waals surface area contributed by atoms with Gasteiger partial charge in [-0.2, -0.15) is 0 Å². The summed E-state index contributed by atoms with van der Waals surface area (Å²) in [6.07, 6.45) is 1.58. The fraction of sp³-hybridized carbons (Fsp3) is 0.316. The average molecular weight is 342 g/mol. The minimum absolute atomic E-state index is 0.240. The number of benzene rings is 1. The molecule has 2 aromatic rings. The molecule has 0 bridgehead atoms. The second-order valence-corrected chi connectivity index (χ2v) is 5.74. The zero-order valence-corrected chi connectivity index (χ0v) is 14.3. The number of halogens is 1. The number of aliphatic imine (C=N–C) groups is 1. The molecule has 0 saturated carbocycles. The van der Waals surface area contributed by atoms with Gasteiger partial charge in [-0.1, -0.05) is 18.2 Å². The molecule has 130 valence electrons. The minimum atomic E-state index is -0.734. The van der Waals surface area contributed by atoms with Crippen molar-refractivity contribution in [2.75, 3.05) is 13.7 Å². The van der Waals surface area contributed by atoms with Gasteiger partial charge in [0.15, 0.2) is 0 Å². The maximum absolute atomic E-state index is 14.6. The molecule has 0 N–H and O–H groups in total. The molecule has 0 amide bonds. The highest BCUT2D eigenvalue weighted by molar-refractivity contribution is 6.05. The maximum Gasteiger partial charge on any atom is 0.315 e. The first-order valence-electron chi connectivity index (χ1n) is 8.07. The molecular weight excluding hydrogens is 323 g/mol. The van der Waals surface area contributed by atoms with E-state index in [0.29, 0.717) is 28.4 Å². The van der Waals surface area contributed by atoms with Crippen molar-refractivity contribution in [2.24, 2.45) is 10.9 Å². The number of aromatic nitrogens is 1. The average Bonchev–Trinajstić information content (AvgIpc) is 2.60. The molecule has 3 rings (SSSR count). The Labute approximate surface area is 145 Å². The summed E-state index contributed by atoms with van der Waals surface area (Å²) in [5.41, 5.74) is 2.19. The molecule has 1 aliphatic heterocycles. The summed E-state index contributed by atoms with van der Waals surface area (Å²) in [5.74, 6) is -1.85. The fourth-order valence-electron chi connectivity index (χ4n) is 3.27. The van der Waals surface area contributed by atoms with Gasteiger partial charge in [-0.05, 0) is 31.5 Å². The molecule has 2 heterocycles. The number of hydrogen-bond acceptors (Lipinski definition) is 5. The highest BCUT2D eigenvalue weighted by Crippen LogP contribution is 2.46. The smallest absolute Gasteiger partial charge is 0.315 e. The Morgan fingerprint density at radius 1 is 1.28 bits per heavy atom. The number of hydrogen-bond donors (Lipinski definition) is 0. The Kier molecular flexibility index (Phi) is 4.79. The number of carbonyl (C=O) groups is 1. The standard InChI is InChI=1S/C19H19FN2O3/c1-4-25-19(23)15-11(2)22-14-9-10-21-18(24-3)17(14)16(15)12-7-5-6-8-13(12)20/h5-10,15-16H,4H2,1-3H3. The highest BCUT2D eigenvalue weighted by atomic mass is 19.1. The van der Waals surface area contributed by atoms with Crippen molar-refractivity contribution in [2.45, 2.75) is 19.8 Å². The van der Waals surface area contributed by atoms with Crippen LogP contribution in [0.15, 0.2) is 41.5 Å². The predicted octanol–water partition coefficient (Wildman–Crippen LogP) is 3.65. The Morgan fingerprint density at radius 3 is 2.72 bits per heavy atom. The lowest BCUT2D eigenvalue weighted by atomic mass is 9.76. The van der Waals surface area contributed by atoms with Gasteiger partial charge in [0, 0.05) is 23.4 Å². The van der Waals surface area contributed by atoms with Crippen molar-refractivity contribution in [3.05, 3.63) is 53.5 Å². The summed E-state index contributed by atoms with van der Waals surface area (Å²) in [6, 6.07) is 8.13. The monoisotopic (exact) mass is 342 g/mol. The van der Waals surface area contributed by atoms with E-state index in [2.05, 4.69) is 9.98 Å². The second-order valence-electron chi connectivity index (χ2n) is 5.74. The van der Waals surface area contributed by atoms with E-state index < -0.39 is 23.6 Å².